The maximum Gasteiger partial charge on any atom is 0.408 e. The number of carbonyl (C=O) groups excluding carboxylic acids is 5. The third-order valence-corrected chi connectivity index (χ3v) is 12.1. The van der Waals surface area contributed by atoms with Crippen LogP contribution in [0.1, 0.15) is 47.0 Å². The lowest BCUT2D eigenvalue weighted by atomic mass is 10.1. The molecule has 3 aromatic carbocycles. The first-order valence-electron chi connectivity index (χ1n) is 20.3. The van der Waals surface area contributed by atoms with Gasteiger partial charge in [0.25, 0.3) is 15.9 Å². The van der Waals surface area contributed by atoms with Crippen LogP contribution in [0.25, 0.3) is 22.2 Å². The Hall–Kier alpha value is -6.20. The fraction of sp³-hybridized carbons (Fsp3) is 0.378. The second kappa shape index (κ2) is 19.0. The Kier molecular flexibility index (Phi) is 14.0. The second-order valence-corrected chi connectivity index (χ2v) is 18.7. The highest BCUT2D eigenvalue weighted by atomic mass is 35.5. The lowest BCUT2D eigenvalue weighted by molar-refractivity contribution is -0.141. The molecule has 0 radical (unpaired) electrons. The van der Waals surface area contributed by atoms with E-state index in [0.29, 0.717) is 28.1 Å². The molecule has 1 saturated carbocycles. The minimum absolute atomic E-state index is 0.0369. The molecule has 18 heteroatoms. The summed E-state index contributed by atoms with van der Waals surface area (Å²) in [6, 6.07) is 21.2. The van der Waals surface area contributed by atoms with Crippen LogP contribution in [0.3, 0.4) is 0 Å². The monoisotopic (exact) mass is 902 g/mol. The predicted molar refractivity (Wildman–Crippen MR) is 235 cm³/mol. The van der Waals surface area contributed by atoms with Crippen molar-refractivity contribution in [2.24, 2.45) is 5.92 Å². The SMILES string of the molecule is C=C[C@@H]1C[C@]1(NC(=O)[C@@H]1C[C@@H](Oc2cc(-c3ccccc3)nc3cc(OC)ccc23)CN1C(=O)[C@H](CCNC(=O)C(C)Cl)NC(=O)OC(C)(C)C)C(=O)NS(=O)(=O)c1ccccc1. The molecule has 6 atom stereocenters. The van der Waals surface area contributed by atoms with Crippen molar-refractivity contribution in [3.05, 3.63) is 97.6 Å². The number of fused-ring (bicyclic) bond motifs is 1. The van der Waals surface area contributed by atoms with Gasteiger partial charge in [-0.2, -0.15) is 0 Å². The van der Waals surface area contributed by atoms with E-state index in [1.165, 1.54) is 42.2 Å². The van der Waals surface area contributed by atoms with Crippen molar-refractivity contribution in [1.82, 2.24) is 30.6 Å². The largest absolute Gasteiger partial charge is 0.497 e. The Bertz CT molecular complexity index is 2480. The van der Waals surface area contributed by atoms with Gasteiger partial charge < -0.3 is 35.1 Å². The van der Waals surface area contributed by atoms with Gasteiger partial charge in [0.2, 0.25) is 17.7 Å². The van der Waals surface area contributed by atoms with Crippen LogP contribution in [0.5, 0.6) is 11.5 Å². The first-order chi connectivity index (χ1) is 29.8. The van der Waals surface area contributed by atoms with Crippen molar-refractivity contribution >= 4 is 62.2 Å². The van der Waals surface area contributed by atoms with Crippen molar-refractivity contribution in [2.75, 3.05) is 20.2 Å². The van der Waals surface area contributed by atoms with E-state index in [0.717, 1.165) is 5.56 Å². The molecule has 4 N–H and O–H groups in total. The van der Waals surface area contributed by atoms with E-state index in [9.17, 15) is 32.4 Å². The minimum Gasteiger partial charge on any atom is -0.497 e. The van der Waals surface area contributed by atoms with Crippen molar-refractivity contribution in [3.8, 4) is 22.8 Å². The maximum atomic E-state index is 14.8. The van der Waals surface area contributed by atoms with Crippen molar-refractivity contribution in [2.45, 2.75) is 86.6 Å². The summed E-state index contributed by atoms with van der Waals surface area (Å²) in [5.41, 5.74) is -0.693. The Balaban J connectivity index is 1.35. The molecule has 6 rings (SSSR count). The van der Waals surface area contributed by atoms with Crippen molar-refractivity contribution in [3.63, 3.8) is 0 Å². The molecule has 4 aromatic rings. The van der Waals surface area contributed by atoms with Gasteiger partial charge in [-0.15, -0.1) is 18.2 Å². The lowest BCUT2D eigenvalue weighted by Gasteiger charge is -2.30. The first-order valence-corrected chi connectivity index (χ1v) is 22.3. The molecule has 1 aromatic heterocycles. The molecule has 1 aliphatic carbocycles. The summed E-state index contributed by atoms with van der Waals surface area (Å²) in [4.78, 5) is 74.7. The smallest absolute Gasteiger partial charge is 0.408 e. The van der Waals surface area contributed by atoms with Crippen LogP contribution < -0.4 is 30.1 Å². The van der Waals surface area contributed by atoms with Crippen LogP contribution in [0.15, 0.2) is 102 Å². The molecule has 5 amide bonds. The zero-order valence-electron chi connectivity index (χ0n) is 35.6. The number of aromatic nitrogens is 1. The topological polar surface area (TPSA) is 211 Å². The molecule has 2 fully saturated rings. The number of sulfonamides is 1. The summed E-state index contributed by atoms with van der Waals surface area (Å²) < 4.78 is 46.2. The number of nitrogens with zero attached hydrogens (tertiary/aromatic N) is 2. The van der Waals surface area contributed by atoms with Gasteiger partial charge in [-0.3, -0.25) is 19.2 Å². The van der Waals surface area contributed by atoms with Gasteiger partial charge in [0.15, 0.2) is 0 Å². The molecule has 63 heavy (non-hydrogen) atoms. The number of hydrogen-bond donors (Lipinski definition) is 4. The van der Waals surface area contributed by atoms with Gasteiger partial charge in [0.05, 0.1) is 29.8 Å². The molecule has 334 valence electrons. The zero-order valence-corrected chi connectivity index (χ0v) is 37.1. The quantitative estimate of drug-likeness (QED) is 0.0882. The molecule has 1 unspecified atom stereocenters. The van der Waals surface area contributed by atoms with E-state index >= 15 is 0 Å². The van der Waals surface area contributed by atoms with Gasteiger partial charge in [-0.1, -0.05) is 54.6 Å². The van der Waals surface area contributed by atoms with E-state index < -0.39 is 80.4 Å². The van der Waals surface area contributed by atoms with E-state index in [2.05, 4.69) is 27.3 Å². The fourth-order valence-corrected chi connectivity index (χ4v) is 8.45. The first kappa shape index (κ1) is 46.3. The standard InChI is InChI=1S/C45H51ClN6O10S/c1-7-29-25-45(29,42(56)51-63(58,59)32-16-12-9-13-17-32)50-40(54)37-23-31(26-52(37)41(55)34(20-21-47-39(53)27(2)46)49-43(57)62-44(3,4)5)61-38-24-35(28-14-10-8-11-15-28)48-36-22-30(60-6)18-19-33(36)38/h7-19,22,24,27,29,31,34,37H,1,20-21,23,25-26H2,2-6H3,(H,47,53)(H,49,57)(H,50,54)(H,51,56)/t27?,29-,31-,34+,37+,45-/m1/s1. The number of likely N-dealkylation sites (tertiary alicyclic amines) is 1. The summed E-state index contributed by atoms with van der Waals surface area (Å²) in [6.07, 6.45) is -0.476. The summed E-state index contributed by atoms with van der Waals surface area (Å²) in [6.45, 7) is 9.99. The molecule has 0 spiro atoms. The number of amides is 5. The molecule has 0 bridgehead atoms. The van der Waals surface area contributed by atoms with Crippen LogP contribution in [-0.2, 0) is 33.9 Å². The van der Waals surface area contributed by atoms with Crippen LogP contribution >= 0.6 is 11.6 Å². The second-order valence-electron chi connectivity index (χ2n) is 16.4. The van der Waals surface area contributed by atoms with E-state index in [-0.39, 0.29) is 37.2 Å². The fourth-order valence-electron chi connectivity index (χ4n) is 7.31. The number of ether oxygens (including phenoxy) is 3. The van der Waals surface area contributed by atoms with Crippen molar-refractivity contribution < 1.29 is 46.6 Å². The average molecular weight is 903 g/mol. The highest BCUT2D eigenvalue weighted by Crippen LogP contribution is 2.45. The third kappa shape index (κ3) is 11.1. The number of hydrogen-bond acceptors (Lipinski definition) is 11. The highest BCUT2D eigenvalue weighted by molar-refractivity contribution is 7.90. The van der Waals surface area contributed by atoms with Gasteiger partial charge in [0, 0.05) is 42.0 Å². The summed E-state index contributed by atoms with van der Waals surface area (Å²) in [7, 11) is -2.79. The predicted octanol–water partition coefficient (Wildman–Crippen LogP) is 4.85. The Morgan fingerprint density at radius 1 is 1.02 bits per heavy atom. The lowest BCUT2D eigenvalue weighted by Crippen LogP contribution is -2.58. The summed E-state index contributed by atoms with van der Waals surface area (Å²) >= 11 is 5.95. The number of nitrogens with one attached hydrogen (secondary N) is 4. The molecule has 2 aliphatic rings. The number of pyridine rings is 1. The van der Waals surface area contributed by atoms with Gasteiger partial charge >= 0.3 is 6.09 Å². The van der Waals surface area contributed by atoms with Gasteiger partial charge in [-0.25, -0.2) is 22.9 Å². The average Bonchev–Trinajstić information content (AvgIpc) is 3.81. The Morgan fingerprint density at radius 3 is 2.32 bits per heavy atom. The highest BCUT2D eigenvalue weighted by Gasteiger charge is 2.61. The number of alkyl carbamates (subject to hydrolysis) is 1. The number of rotatable bonds is 16. The van der Waals surface area contributed by atoms with E-state index in [1.54, 1.807) is 58.2 Å². The molecule has 1 saturated heterocycles. The Morgan fingerprint density at radius 2 is 1.70 bits per heavy atom. The minimum atomic E-state index is -4.33. The molecule has 1 aliphatic heterocycles. The normalized spacial score (nSPS) is 20.4. The van der Waals surface area contributed by atoms with Crippen LogP contribution in [0.2, 0.25) is 0 Å². The molecule has 16 nitrogen and oxygen atoms in total. The van der Waals surface area contributed by atoms with Crippen LogP contribution in [0, 0.1) is 5.92 Å². The summed E-state index contributed by atoms with van der Waals surface area (Å²) in [5.74, 6) is -2.64. The Labute approximate surface area is 371 Å². The molecule has 2 heterocycles. The van der Waals surface area contributed by atoms with E-state index in [4.69, 9.17) is 30.8 Å². The van der Waals surface area contributed by atoms with Crippen LogP contribution in [-0.4, -0.2) is 103 Å². The number of benzene rings is 3. The van der Waals surface area contributed by atoms with Crippen LogP contribution in [0.4, 0.5) is 4.79 Å². The maximum absolute atomic E-state index is 14.8. The van der Waals surface area contributed by atoms with Gasteiger partial charge in [-0.05, 0) is 64.8 Å². The molecular formula is C45H51ClN6O10S. The number of methoxy groups -OCH3 is 1. The number of alkyl halides is 1. The number of carbonyl (C=O) groups is 5. The molecular weight excluding hydrogens is 852 g/mol. The van der Waals surface area contributed by atoms with Crippen molar-refractivity contribution in [1.29, 1.82) is 0 Å². The van der Waals surface area contributed by atoms with E-state index in [1.807, 2.05) is 30.3 Å². The summed E-state index contributed by atoms with van der Waals surface area (Å²) in [5, 5.41) is 7.75. The zero-order chi connectivity index (χ0) is 45.7. The van der Waals surface area contributed by atoms with Gasteiger partial charge in [0.1, 0.15) is 46.2 Å². The third-order valence-electron chi connectivity index (χ3n) is 10.6. The number of halogens is 1.